The molecule has 1 aliphatic carbocycles. The van der Waals surface area contributed by atoms with Crippen molar-refractivity contribution in [1.29, 1.82) is 0 Å². The molecule has 1 N–H and O–H groups in total. The Morgan fingerprint density at radius 1 is 1.27 bits per heavy atom. The number of carbonyl (C=O) groups is 1. The Hall–Kier alpha value is -2.59. The molecular weight excluding hydrogens is 458 g/mol. The summed E-state index contributed by atoms with van der Waals surface area (Å²) in [7, 11) is -3.05. The van der Waals surface area contributed by atoms with Crippen LogP contribution in [-0.2, 0) is 27.5 Å². The van der Waals surface area contributed by atoms with Gasteiger partial charge < -0.3 is 10.2 Å². The molecule has 0 bridgehead atoms. The quantitative estimate of drug-likeness (QED) is 0.572. The molecule has 0 aromatic carbocycles. The second kappa shape index (κ2) is 8.98. The molecule has 2 aliphatic rings. The standard InChI is InChI=1S/C23H27N5O3S2/c1-2-28(13-19(29)25-16-9-11-33(30,31)14-16)22-20-17-7-3-4-8-18(17)32-23(20)27-21(26-22)15-6-5-10-24-12-15/h5-6,10,12,16H,2-4,7-9,11,13-14H2,1H3,(H,25,29). The van der Waals surface area contributed by atoms with E-state index in [2.05, 4.69) is 10.3 Å². The van der Waals surface area contributed by atoms with Crippen LogP contribution in [-0.4, -0.2) is 59.9 Å². The first kappa shape index (κ1) is 22.2. The van der Waals surface area contributed by atoms with Crippen molar-refractivity contribution in [3.05, 3.63) is 35.0 Å². The maximum absolute atomic E-state index is 12.9. The van der Waals surface area contributed by atoms with Crippen molar-refractivity contribution in [2.75, 3.05) is 29.5 Å². The molecule has 5 rings (SSSR count). The summed E-state index contributed by atoms with van der Waals surface area (Å²) >= 11 is 1.73. The van der Waals surface area contributed by atoms with Gasteiger partial charge >= 0.3 is 0 Å². The summed E-state index contributed by atoms with van der Waals surface area (Å²) in [5, 5.41) is 3.96. The molecule has 8 nitrogen and oxygen atoms in total. The van der Waals surface area contributed by atoms with E-state index in [1.165, 1.54) is 16.9 Å². The lowest BCUT2D eigenvalue weighted by Crippen LogP contribution is -2.43. The zero-order chi connectivity index (χ0) is 23.0. The third kappa shape index (κ3) is 4.59. The van der Waals surface area contributed by atoms with Crippen LogP contribution in [0.5, 0.6) is 0 Å². The highest BCUT2D eigenvalue weighted by Crippen LogP contribution is 2.40. The summed E-state index contributed by atoms with van der Waals surface area (Å²) in [6.45, 7) is 2.72. The number of aryl methyl sites for hydroxylation is 2. The highest BCUT2D eigenvalue weighted by Gasteiger charge is 2.30. The van der Waals surface area contributed by atoms with Crippen molar-refractivity contribution in [1.82, 2.24) is 20.3 Å². The molecule has 3 aromatic heterocycles. The molecule has 1 atom stereocenters. The molecule has 1 saturated heterocycles. The highest BCUT2D eigenvalue weighted by atomic mass is 32.2. The summed E-state index contributed by atoms with van der Waals surface area (Å²) in [4.78, 5) is 31.2. The van der Waals surface area contributed by atoms with Crippen LogP contribution < -0.4 is 10.2 Å². The Morgan fingerprint density at radius 3 is 2.85 bits per heavy atom. The van der Waals surface area contributed by atoms with Gasteiger partial charge in [-0.05, 0) is 56.7 Å². The topological polar surface area (TPSA) is 105 Å². The third-order valence-electron chi connectivity index (χ3n) is 6.33. The smallest absolute Gasteiger partial charge is 0.239 e. The Bertz CT molecular complexity index is 1290. The van der Waals surface area contributed by atoms with E-state index in [1.807, 2.05) is 24.0 Å². The fourth-order valence-electron chi connectivity index (χ4n) is 4.68. The molecule has 1 amide bonds. The van der Waals surface area contributed by atoms with Crippen LogP contribution in [0.2, 0.25) is 0 Å². The highest BCUT2D eigenvalue weighted by molar-refractivity contribution is 7.91. The monoisotopic (exact) mass is 485 g/mol. The minimum atomic E-state index is -3.05. The number of aromatic nitrogens is 3. The van der Waals surface area contributed by atoms with E-state index in [0.29, 0.717) is 18.8 Å². The number of anilines is 1. The number of rotatable bonds is 6. The lowest BCUT2D eigenvalue weighted by molar-refractivity contribution is -0.120. The molecule has 0 saturated carbocycles. The molecular formula is C23H27N5O3S2. The normalized spacial score (nSPS) is 19.4. The van der Waals surface area contributed by atoms with Gasteiger partial charge in [0.25, 0.3) is 0 Å². The number of nitrogens with zero attached hydrogens (tertiary/aromatic N) is 4. The Morgan fingerprint density at radius 2 is 2.12 bits per heavy atom. The summed E-state index contributed by atoms with van der Waals surface area (Å²) < 4.78 is 23.5. The van der Waals surface area contributed by atoms with Crippen LogP contribution in [0, 0.1) is 0 Å². The zero-order valence-electron chi connectivity index (χ0n) is 18.6. The zero-order valence-corrected chi connectivity index (χ0v) is 20.2. The van der Waals surface area contributed by atoms with Crippen molar-refractivity contribution >= 4 is 43.1 Å². The van der Waals surface area contributed by atoms with Gasteiger partial charge in [0.15, 0.2) is 15.7 Å². The van der Waals surface area contributed by atoms with Crippen LogP contribution in [0.4, 0.5) is 5.82 Å². The van der Waals surface area contributed by atoms with Crippen LogP contribution >= 0.6 is 11.3 Å². The number of thiophene rings is 1. The Kier molecular flexibility index (Phi) is 6.05. The first-order chi connectivity index (χ1) is 15.9. The number of sulfone groups is 1. The number of nitrogens with one attached hydrogen (secondary N) is 1. The molecule has 3 aromatic rings. The van der Waals surface area contributed by atoms with Gasteiger partial charge in [-0.1, -0.05) is 0 Å². The van der Waals surface area contributed by atoms with Gasteiger partial charge in [0, 0.05) is 35.4 Å². The largest absolute Gasteiger partial charge is 0.351 e. The number of pyridine rings is 1. The Balaban J connectivity index is 1.51. The van der Waals surface area contributed by atoms with Crippen molar-refractivity contribution in [3.63, 3.8) is 0 Å². The van der Waals surface area contributed by atoms with Crippen molar-refractivity contribution in [2.24, 2.45) is 0 Å². The molecule has 0 radical (unpaired) electrons. The van der Waals surface area contributed by atoms with Crippen LogP contribution in [0.25, 0.3) is 21.6 Å². The molecule has 4 heterocycles. The van der Waals surface area contributed by atoms with E-state index in [0.717, 1.165) is 40.9 Å². The average molecular weight is 486 g/mol. The number of fused-ring (bicyclic) bond motifs is 3. The summed E-state index contributed by atoms with van der Waals surface area (Å²) in [6, 6.07) is 3.49. The number of hydrogen-bond donors (Lipinski definition) is 1. The molecule has 174 valence electrons. The summed E-state index contributed by atoms with van der Waals surface area (Å²) in [5.41, 5.74) is 2.15. The lowest BCUT2D eigenvalue weighted by atomic mass is 9.97. The number of likely N-dealkylation sites (N-methyl/N-ethyl adjacent to an activating group) is 1. The van der Waals surface area contributed by atoms with Crippen molar-refractivity contribution in [3.8, 4) is 11.4 Å². The molecule has 1 unspecified atom stereocenters. The van der Waals surface area contributed by atoms with E-state index < -0.39 is 9.84 Å². The maximum atomic E-state index is 12.9. The van der Waals surface area contributed by atoms with E-state index in [1.54, 1.807) is 23.7 Å². The van der Waals surface area contributed by atoms with E-state index in [-0.39, 0.29) is 30.0 Å². The number of amides is 1. The van der Waals surface area contributed by atoms with Crippen molar-refractivity contribution in [2.45, 2.75) is 45.1 Å². The third-order valence-corrected chi connectivity index (χ3v) is 9.28. The van der Waals surface area contributed by atoms with E-state index in [9.17, 15) is 13.2 Å². The van der Waals surface area contributed by atoms with Gasteiger partial charge in [-0.2, -0.15) is 0 Å². The minimum Gasteiger partial charge on any atom is -0.351 e. The summed E-state index contributed by atoms with van der Waals surface area (Å²) in [5.74, 6) is 1.35. The fraction of sp³-hybridized carbons (Fsp3) is 0.478. The van der Waals surface area contributed by atoms with Gasteiger partial charge in [-0.3, -0.25) is 9.78 Å². The van der Waals surface area contributed by atoms with Gasteiger partial charge in [-0.15, -0.1) is 11.3 Å². The van der Waals surface area contributed by atoms with Gasteiger partial charge in [0.2, 0.25) is 5.91 Å². The first-order valence-corrected chi connectivity index (χ1v) is 14.0. The predicted octanol–water partition coefficient (Wildman–Crippen LogP) is 2.76. The van der Waals surface area contributed by atoms with E-state index >= 15 is 0 Å². The number of carbonyl (C=O) groups excluding carboxylic acids is 1. The lowest BCUT2D eigenvalue weighted by Gasteiger charge is -2.24. The Labute approximate surface area is 197 Å². The SMILES string of the molecule is CCN(CC(=O)NC1CCS(=O)(=O)C1)c1nc(-c2cccnc2)nc2sc3c(c12)CCCC3. The van der Waals surface area contributed by atoms with E-state index in [4.69, 9.17) is 9.97 Å². The van der Waals surface area contributed by atoms with Crippen LogP contribution in [0.15, 0.2) is 24.5 Å². The maximum Gasteiger partial charge on any atom is 0.239 e. The van der Waals surface area contributed by atoms with Gasteiger partial charge in [-0.25, -0.2) is 18.4 Å². The second-order valence-electron chi connectivity index (χ2n) is 8.69. The number of hydrogen-bond acceptors (Lipinski definition) is 8. The van der Waals surface area contributed by atoms with Crippen molar-refractivity contribution < 1.29 is 13.2 Å². The predicted molar refractivity (Wildman–Crippen MR) is 130 cm³/mol. The second-order valence-corrected chi connectivity index (χ2v) is 12.0. The molecule has 33 heavy (non-hydrogen) atoms. The fourth-order valence-corrected chi connectivity index (χ4v) is 7.61. The molecule has 1 aliphatic heterocycles. The molecule has 1 fully saturated rings. The molecule has 0 spiro atoms. The van der Waals surface area contributed by atoms with Crippen LogP contribution in [0.1, 0.15) is 36.6 Å². The van der Waals surface area contributed by atoms with Crippen LogP contribution in [0.3, 0.4) is 0 Å². The van der Waals surface area contributed by atoms with Gasteiger partial charge in [0.05, 0.1) is 23.4 Å². The first-order valence-electron chi connectivity index (χ1n) is 11.4. The molecule has 10 heteroatoms. The minimum absolute atomic E-state index is 0.0197. The van der Waals surface area contributed by atoms with Gasteiger partial charge in [0.1, 0.15) is 10.6 Å². The average Bonchev–Trinajstić information content (AvgIpc) is 3.36. The summed E-state index contributed by atoms with van der Waals surface area (Å²) in [6.07, 6.45) is 8.33.